The second kappa shape index (κ2) is 3.83. The van der Waals surface area contributed by atoms with Gasteiger partial charge in [-0.05, 0) is 18.4 Å². The molecular formula is C10H12N2S. The van der Waals surface area contributed by atoms with E-state index in [9.17, 15) is 0 Å². The van der Waals surface area contributed by atoms with Crippen LogP contribution in [0.4, 0.5) is 0 Å². The molecule has 1 unspecified atom stereocenters. The van der Waals surface area contributed by atoms with Gasteiger partial charge in [0.05, 0.1) is 5.71 Å². The lowest BCUT2D eigenvalue weighted by molar-refractivity contribution is 0.636. The van der Waals surface area contributed by atoms with E-state index in [1.807, 2.05) is 11.6 Å². The third-order valence-electron chi connectivity index (χ3n) is 2.20. The van der Waals surface area contributed by atoms with E-state index in [2.05, 4.69) is 29.1 Å². The first-order valence-electron chi connectivity index (χ1n) is 4.52. The highest BCUT2D eigenvalue weighted by atomic mass is 32.1. The van der Waals surface area contributed by atoms with E-state index >= 15 is 0 Å². The van der Waals surface area contributed by atoms with E-state index in [1.165, 1.54) is 6.42 Å². The first-order chi connectivity index (χ1) is 6.40. The van der Waals surface area contributed by atoms with Crippen LogP contribution in [0.1, 0.15) is 18.4 Å². The van der Waals surface area contributed by atoms with Gasteiger partial charge in [0, 0.05) is 18.1 Å². The van der Waals surface area contributed by atoms with Crippen molar-refractivity contribution in [3.8, 4) is 0 Å². The van der Waals surface area contributed by atoms with E-state index < -0.39 is 0 Å². The molecule has 1 aliphatic rings. The summed E-state index contributed by atoms with van der Waals surface area (Å²) in [7, 11) is 0. The van der Waals surface area contributed by atoms with Gasteiger partial charge in [-0.15, -0.1) is 11.3 Å². The summed E-state index contributed by atoms with van der Waals surface area (Å²) in [6.07, 6.45) is 7.33. The first kappa shape index (κ1) is 8.63. The summed E-state index contributed by atoms with van der Waals surface area (Å²) in [5.74, 6) is 0.628. The molecule has 1 aromatic rings. The van der Waals surface area contributed by atoms with Gasteiger partial charge in [-0.25, -0.2) is 4.98 Å². The van der Waals surface area contributed by atoms with Gasteiger partial charge in [-0.1, -0.05) is 13.0 Å². The molecule has 1 aromatic heterocycles. The minimum absolute atomic E-state index is 0.628. The number of hydrogen-bond acceptors (Lipinski definition) is 3. The Morgan fingerprint density at radius 1 is 1.62 bits per heavy atom. The molecule has 0 saturated heterocycles. The molecule has 0 aromatic carbocycles. The zero-order valence-electron chi connectivity index (χ0n) is 7.60. The normalized spacial score (nSPS) is 21.6. The van der Waals surface area contributed by atoms with Crippen LogP contribution < -0.4 is 0 Å². The Hall–Kier alpha value is -0.960. The van der Waals surface area contributed by atoms with Crippen molar-refractivity contribution in [2.45, 2.75) is 13.3 Å². The van der Waals surface area contributed by atoms with Crippen molar-refractivity contribution < 1.29 is 0 Å². The van der Waals surface area contributed by atoms with Gasteiger partial charge in [0.25, 0.3) is 0 Å². The number of rotatable bonds is 2. The zero-order valence-corrected chi connectivity index (χ0v) is 8.42. The maximum atomic E-state index is 4.50. The summed E-state index contributed by atoms with van der Waals surface area (Å²) in [5.41, 5.74) is 1.04. The van der Waals surface area contributed by atoms with Crippen molar-refractivity contribution in [1.82, 2.24) is 4.98 Å². The number of allylic oxidation sites excluding steroid dienone is 1. The predicted molar refractivity (Wildman–Crippen MR) is 56.4 cm³/mol. The number of dihydropyridines is 1. The van der Waals surface area contributed by atoms with Crippen molar-refractivity contribution in [2.75, 3.05) is 6.54 Å². The van der Waals surface area contributed by atoms with Gasteiger partial charge in [-0.2, -0.15) is 0 Å². The Bertz CT molecular complexity index is 325. The highest BCUT2D eigenvalue weighted by molar-refractivity contribution is 7.11. The lowest BCUT2D eigenvalue weighted by Gasteiger charge is -2.11. The van der Waals surface area contributed by atoms with Crippen LogP contribution in [0, 0.1) is 5.92 Å². The summed E-state index contributed by atoms with van der Waals surface area (Å²) >= 11 is 1.65. The molecule has 0 N–H and O–H groups in total. The summed E-state index contributed by atoms with van der Waals surface area (Å²) in [4.78, 5) is 8.73. The second-order valence-corrected chi connectivity index (χ2v) is 3.99. The first-order valence-corrected chi connectivity index (χ1v) is 5.40. The second-order valence-electron chi connectivity index (χ2n) is 3.09. The average Bonchev–Trinajstić information content (AvgIpc) is 2.71. The predicted octanol–water partition coefficient (Wildman–Crippen LogP) is 2.53. The minimum atomic E-state index is 0.628. The molecule has 13 heavy (non-hydrogen) atoms. The fourth-order valence-electron chi connectivity index (χ4n) is 1.31. The standard InChI is InChI=1S/C10H12N2S/c1-2-8-3-4-9(12-7-8)10-11-5-6-13-10/h3-6,8H,2,7H2,1H3. The Kier molecular flexibility index (Phi) is 2.54. The Balaban J connectivity index is 2.13. The molecule has 0 aliphatic carbocycles. The summed E-state index contributed by atoms with van der Waals surface area (Å²) in [6, 6.07) is 0. The molecule has 1 aliphatic heterocycles. The molecule has 1 atom stereocenters. The Morgan fingerprint density at radius 2 is 2.54 bits per heavy atom. The van der Waals surface area contributed by atoms with Crippen LogP contribution in [0.2, 0.25) is 0 Å². The van der Waals surface area contributed by atoms with E-state index in [0.717, 1.165) is 17.3 Å². The van der Waals surface area contributed by atoms with Crippen LogP contribution in [0.5, 0.6) is 0 Å². The lowest BCUT2D eigenvalue weighted by Crippen LogP contribution is -2.09. The largest absolute Gasteiger partial charge is 0.282 e. The number of nitrogens with zero attached hydrogens (tertiary/aromatic N) is 2. The molecule has 2 nitrogen and oxygen atoms in total. The number of hydrogen-bond donors (Lipinski definition) is 0. The molecule has 0 bridgehead atoms. The monoisotopic (exact) mass is 192 g/mol. The molecule has 2 rings (SSSR count). The molecule has 68 valence electrons. The molecular weight excluding hydrogens is 180 g/mol. The van der Waals surface area contributed by atoms with Gasteiger partial charge >= 0.3 is 0 Å². The van der Waals surface area contributed by atoms with Gasteiger partial charge in [0.2, 0.25) is 0 Å². The number of thiazole rings is 1. The van der Waals surface area contributed by atoms with Crippen molar-refractivity contribution >= 4 is 17.0 Å². The van der Waals surface area contributed by atoms with Gasteiger partial charge in [-0.3, -0.25) is 4.99 Å². The molecule has 0 fully saturated rings. The average molecular weight is 192 g/mol. The van der Waals surface area contributed by atoms with Crippen LogP contribution in [0.3, 0.4) is 0 Å². The number of aliphatic imine (C=N–C) groups is 1. The van der Waals surface area contributed by atoms with Crippen molar-refractivity contribution in [3.05, 3.63) is 28.7 Å². The Labute approximate surface area is 82.0 Å². The third-order valence-corrected chi connectivity index (χ3v) is 2.99. The quantitative estimate of drug-likeness (QED) is 0.707. The Morgan fingerprint density at radius 3 is 3.08 bits per heavy atom. The van der Waals surface area contributed by atoms with Crippen LogP contribution in [0.25, 0.3) is 0 Å². The lowest BCUT2D eigenvalue weighted by atomic mass is 10.0. The summed E-state index contributed by atoms with van der Waals surface area (Å²) in [5, 5.41) is 3.02. The maximum Gasteiger partial charge on any atom is 0.141 e. The molecule has 0 spiro atoms. The molecule has 3 heteroatoms. The van der Waals surface area contributed by atoms with E-state index in [-0.39, 0.29) is 0 Å². The van der Waals surface area contributed by atoms with Gasteiger partial charge in [0.1, 0.15) is 5.01 Å². The minimum Gasteiger partial charge on any atom is -0.282 e. The fourth-order valence-corrected chi connectivity index (χ4v) is 1.94. The third kappa shape index (κ3) is 1.86. The molecule has 0 saturated carbocycles. The van der Waals surface area contributed by atoms with E-state index in [1.54, 1.807) is 11.3 Å². The molecule has 2 heterocycles. The topological polar surface area (TPSA) is 25.2 Å². The molecule has 0 amide bonds. The summed E-state index contributed by atoms with van der Waals surface area (Å²) < 4.78 is 0. The SMILES string of the molecule is CCC1C=CC(c2nccs2)=NC1. The fraction of sp³-hybridized carbons (Fsp3) is 0.400. The highest BCUT2D eigenvalue weighted by Gasteiger charge is 2.10. The van der Waals surface area contributed by atoms with Crippen LogP contribution in [-0.2, 0) is 0 Å². The smallest absolute Gasteiger partial charge is 0.141 e. The van der Waals surface area contributed by atoms with Crippen LogP contribution >= 0.6 is 11.3 Å². The van der Waals surface area contributed by atoms with Crippen molar-refractivity contribution in [2.24, 2.45) is 10.9 Å². The van der Waals surface area contributed by atoms with Gasteiger partial charge in [0.15, 0.2) is 0 Å². The summed E-state index contributed by atoms with van der Waals surface area (Å²) in [6.45, 7) is 3.11. The van der Waals surface area contributed by atoms with Crippen LogP contribution in [0.15, 0.2) is 28.7 Å². The van der Waals surface area contributed by atoms with Crippen LogP contribution in [-0.4, -0.2) is 17.2 Å². The number of aromatic nitrogens is 1. The highest BCUT2D eigenvalue weighted by Crippen LogP contribution is 2.15. The maximum absolute atomic E-state index is 4.50. The van der Waals surface area contributed by atoms with Gasteiger partial charge < -0.3 is 0 Å². The van der Waals surface area contributed by atoms with Crippen molar-refractivity contribution in [1.29, 1.82) is 0 Å². The molecule has 0 radical (unpaired) electrons. The zero-order chi connectivity index (χ0) is 9.10. The van der Waals surface area contributed by atoms with E-state index in [0.29, 0.717) is 5.92 Å². The van der Waals surface area contributed by atoms with Crippen molar-refractivity contribution in [3.63, 3.8) is 0 Å². The van der Waals surface area contributed by atoms with E-state index in [4.69, 9.17) is 0 Å².